The van der Waals surface area contributed by atoms with E-state index in [2.05, 4.69) is 5.32 Å². The quantitative estimate of drug-likeness (QED) is 0.879. The highest BCUT2D eigenvalue weighted by atomic mass is 19.1. The number of hydrogen-bond acceptors (Lipinski definition) is 2. The fraction of sp³-hybridized carbons (Fsp3) is 0.125. The molecule has 2 rings (SSSR count). The van der Waals surface area contributed by atoms with Crippen molar-refractivity contribution < 1.29 is 14.0 Å². The SMILES string of the molecule is NC(=O)c1cccc(CNC(=O)Cc2ccccc2F)c1. The smallest absolute Gasteiger partial charge is 0.248 e. The number of hydrogen-bond donors (Lipinski definition) is 2. The molecule has 0 radical (unpaired) electrons. The molecule has 0 fully saturated rings. The first kappa shape index (κ1) is 14.7. The molecule has 0 unspecified atom stereocenters. The van der Waals surface area contributed by atoms with Crippen molar-refractivity contribution in [1.29, 1.82) is 0 Å². The van der Waals surface area contributed by atoms with Gasteiger partial charge >= 0.3 is 0 Å². The van der Waals surface area contributed by atoms with Crippen LogP contribution in [0.2, 0.25) is 0 Å². The van der Waals surface area contributed by atoms with Crippen LogP contribution in [0.3, 0.4) is 0 Å². The molecule has 0 atom stereocenters. The summed E-state index contributed by atoms with van der Waals surface area (Å²) in [6.07, 6.45) is -0.0256. The molecule has 2 amide bonds. The number of amides is 2. The van der Waals surface area contributed by atoms with E-state index < -0.39 is 11.7 Å². The second-order valence-corrected chi connectivity index (χ2v) is 4.61. The van der Waals surface area contributed by atoms with Gasteiger partial charge in [-0.05, 0) is 29.3 Å². The summed E-state index contributed by atoms with van der Waals surface area (Å²) in [4.78, 5) is 22.9. The number of carbonyl (C=O) groups excluding carboxylic acids is 2. The van der Waals surface area contributed by atoms with Crippen molar-refractivity contribution in [2.75, 3.05) is 0 Å². The van der Waals surface area contributed by atoms with Crippen LogP contribution < -0.4 is 11.1 Å². The van der Waals surface area contributed by atoms with Crippen molar-refractivity contribution in [2.45, 2.75) is 13.0 Å². The summed E-state index contributed by atoms with van der Waals surface area (Å²) in [6, 6.07) is 12.8. The molecular formula is C16H15FN2O2. The largest absolute Gasteiger partial charge is 0.366 e. The fourth-order valence-corrected chi connectivity index (χ4v) is 1.91. The van der Waals surface area contributed by atoms with Gasteiger partial charge in [-0.2, -0.15) is 0 Å². The third-order valence-electron chi connectivity index (χ3n) is 3.01. The van der Waals surface area contributed by atoms with Crippen LogP contribution in [0.4, 0.5) is 4.39 Å². The minimum atomic E-state index is -0.519. The van der Waals surface area contributed by atoms with Gasteiger partial charge in [0.05, 0.1) is 6.42 Å². The summed E-state index contributed by atoms with van der Waals surface area (Å²) in [5.41, 5.74) is 6.68. The number of carbonyl (C=O) groups is 2. The van der Waals surface area contributed by atoms with E-state index in [-0.39, 0.29) is 18.9 Å². The van der Waals surface area contributed by atoms with E-state index in [9.17, 15) is 14.0 Å². The van der Waals surface area contributed by atoms with E-state index in [4.69, 9.17) is 5.73 Å². The van der Waals surface area contributed by atoms with E-state index in [1.54, 1.807) is 42.5 Å². The number of nitrogens with two attached hydrogens (primary N) is 1. The van der Waals surface area contributed by atoms with Crippen LogP contribution in [0.15, 0.2) is 48.5 Å². The molecule has 0 bridgehead atoms. The Morgan fingerprint density at radius 2 is 1.86 bits per heavy atom. The van der Waals surface area contributed by atoms with Crippen LogP contribution in [0, 0.1) is 5.82 Å². The molecule has 2 aromatic rings. The Kier molecular flexibility index (Phi) is 4.66. The highest BCUT2D eigenvalue weighted by Crippen LogP contribution is 2.08. The molecular weight excluding hydrogens is 271 g/mol. The summed E-state index contributed by atoms with van der Waals surface area (Å²) in [5.74, 6) is -1.21. The van der Waals surface area contributed by atoms with Crippen molar-refractivity contribution in [3.05, 3.63) is 71.0 Å². The Morgan fingerprint density at radius 3 is 2.57 bits per heavy atom. The van der Waals surface area contributed by atoms with E-state index >= 15 is 0 Å². The van der Waals surface area contributed by atoms with Crippen molar-refractivity contribution in [3.63, 3.8) is 0 Å². The highest BCUT2D eigenvalue weighted by Gasteiger charge is 2.08. The lowest BCUT2D eigenvalue weighted by Gasteiger charge is -2.07. The maximum atomic E-state index is 13.4. The minimum Gasteiger partial charge on any atom is -0.366 e. The average molecular weight is 286 g/mol. The molecule has 3 N–H and O–H groups in total. The molecule has 0 saturated heterocycles. The second-order valence-electron chi connectivity index (χ2n) is 4.61. The summed E-state index contributed by atoms with van der Waals surface area (Å²) in [6.45, 7) is 0.258. The molecule has 0 aliphatic rings. The monoisotopic (exact) mass is 286 g/mol. The lowest BCUT2D eigenvalue weighted by molar-refractivity contribution is -0.120. The summed E-state index contributed by atoms with van der Waals surface area (Å²) >= 11 is 0. The number of halogens is 1. The number of rotatable bonds is 5. The molecule has 2 aromatic carbocycles. The molecule has 0 aromatic heterocycles. The maximum absolute atomic E-state index is 13.4. The van der Waals surface area contributed by atoms with E-state index in [0.29, 0.717) is 11.1 Å². The number of primary amides is 1. The van der Waals surface area contributed by atoms with Gasteiger partial charge in [0.15, 0.2) is 0 Å². The van der Waals surface area contributed by atoms with Crippen LogP contribution in [-0.2, 0) is 17.8 Å². The first-order valence-electron chi connectivity index (χ1n) is 6.45. The zero-order valence-electron chi connectivity index (χ0n) is 11.3. The van der Waals surface area contributed by atoms with Gasteiger partial charge in [-0.1, -0.05) is 30.3 Å². The van der Waals surface area contributed by atoms with Gasteiger partial charge in [-0.25, -0.2) is 4.39 Å². The third-order valence-corrected chi connectivity index (χ3v) is 3.01. The van der Waals surface area contributed by atoms with Gasteiger partial charge in [-0.15, -0.1) is 0 Å². The molecule has 0 spiro atoms. The van der Waals surface area contributed by atoms with Crippen molar-refractivity contribution >= 4 is 11.8 Å². The topological polar surface area (TPSA) is 72.2 Å². The Morgan fingerprint density at radius 1 is 1.10 bits per heavy atom. The van der Waals surface area contributed by atoms with E-state index in [1.807, 2.05) is 0 Å². The molecule has 0 heterocycles. The predicted octanol–water partition coefficient (Wildman–Crippen LogP) is 1.78. The first-order valence-corrected chi connectivity index (χ1v) is 6.45. The molecule has 0 aliphatic carbocycles. The molecule has 4 nitrogen and oxygen atoms in total. The molecule has 5 heteroatoms. The van der Waals surface area contributed by atoms with Gasteiger partial charge < -0.3 is 11.1 Å². The molecule has 0 aliphatic heterocycles. The highest BCUT2D eigenvalue weighted by molar-refractivity contribution is 5.92. The van der Waals surface area contributed by atoms with E-state index in [0.717, 1.165) is 5.56 Å². The minimum absolute atomic E-state index is 0.0256. The summed E-state index contributed by atoms with van der Waals surface area (Å²) < 4.78 is 13.4. The Balaban J connectivity index is 1.94. The fourth-order valence-electron chi connectivity index (χ4n) is 1.91. The Bertz CT molecular complexity index is 671. The van der Waals surface area contributed by atoms with E-state index in [1.165, 1.54) is 6.07 Å². The maximum Gasteiger partial charge on any atom is 0.248 e. The second kappa shape index (κ2) is 6.65. The zero-order valence-corrected chi connectivity index (χ0v) is 11.3. The lowest BCUT2D eigenvalue weighted by Crippen LogP contribution is -2.25. The van der Waals surface area contributed by atoms with Crippen LogP contribution in [0.5, 0.6) is 0 Å². The van der Waals surface area contributed by atoms with Gasteiger partial charge in [0.2, 0.25) is 11.8 Å². The van der Waals surface area contributed by atoms with Crippen molar-refractivity contribution in [3.8, 4) is 0 Å². The zero-order chi connectivity index (χ0) is 15.2. The summed E-state index contributed by atoms with van der Waals surface area (Å²) in [7, 11) is 0. The number of benzene rings is 2. The van der Waals surface area contributed by atoms with Crippen molar-refractivity contribution in [1.82, 2.24) is 5.32 Å². The molecule has 21 heavy (non-hydrogen) atoms. The predicted molar refractivity (Wildman–Crippen MR) is 76.9 cm³/mol. The van der Waals surface area contributed by atoms with Crippen LogP contribution in [-0.4, -0.2) is 11.8 Å². The first-order chi connectivity index (χ1) is 10.1. The van der Waals surface area contributed by atoms with Gasteiger partial charge in [0.1, 0.15) is 5.82 Å². The van der Waals surface area contributed by atoms with Gasteiger partial charge in [-0.3, -0.25) is 9.59 Å². The Hall–Kier alpha value is -2.69. The standard InChI is InChI=1S/C16H15FN2O2/c17-14-7-2-1-5-12(14)9-15(20)19-10-11-4-3-6-13(8-11)16(18)21/h1-8H,9-10H2,(H2,18,21)(H,19,20). The normalized spacial score (nSPS) is 10.1. The molecule has 108 valence electrons. The van der Waals surface area contributed by atoms with Crippen molar-refractivity contribution in [2.24, 2.45) is 5.73 Å². The van der Waals surface area contributed by atoms with Crippen LogP contribution in [0.25, 0.3) is 0 Å². The summed E-state index contributed by atoms with van der Waals surface area (Å²) in [5, 5.41) is 2.68. The third kappa shape index (κ3) is 4.14. The Labute approximate surface area is 121 Å². The van der Waals surface area contributed by atoms with Crippen LogP contribution >= 0.6 is 0 Å². The number of nitrogens with one attached hydrogen (secondary N) is 1. The van der Waals surface area contributed by atoms with Gasteiger partial charge in [0.25, 0.3) is 0 Å². The van der Waals surface area contributed by atoms with Gasteiger partial charge in [0, 0.05) is 12.1 Å². The lowest BCUT2D eigenvalue weighted by atomic mass is 10.1. The van der Waals surface area contributed by atoms with Crippen LogP contribution in [0.1, 0.15) is 21.5 Å². The average Bonchev–Trinajstić information content (AvgIpc) is 2.48. The molecule has 0 saturated carbocycles.